The second-order valence-electron chi connectivity index (χ2n) is 14.1. The second-order valence-corrected chi connectivity index (χ2v) is 14.1. The molecule has 0 radical (unpaired) electrons. The fourth-order valence-electron chi connectivity index (χ4n) is 7.64. The monoisotopic (exact) mass is 609 g/mol. The number of hydrogen-bond donors (Lipinski definition) is 1. The topological polar surface area (TPSA) is 137 Å². The van der Waals surface area contributed by atoms with Crippen molar-refractivity contribution in [3.05, 3.63) is 28.6 Å². The highest BCUT2D eigenvalue weighted by Crippen LogP contribution is 2.58. The fraction of sp³-hybridized carbons (Fsp3) is 0.667. The zero-order chi connectivity index (χ0) is 31.3. The SMILES string of the molecule is COC(=O)[C@@H]1C[C@@H]2CN1C(=O)[C@H](C(C)(C)C)CC(=O)O[C@@H]1C[C@@H]3C[C@@H]3[C@H]1CCCCCn1c(nc3cc(O)ccc3c1=O)O2. The number of benzene rings is 1. The molecule has 44 heavy (non-hydrogen) atoms. The molecule has 1 saturated heterocycles. The molecule has 11 nitrogen and oxygen atoms in total. The van der Waals surface area contributed by atoms with Crippen molar-refractivity contribution in [1.29, 1.82) is 0 Å². The Morgan fingerprint density at radius 3 is 2.59 bits per heavy atom. The largest absolute Gasteiger partial charge is 0.508 e. The van der Waals surface area contributed by atoms with Gasteiger partial charge in [-0.25, -0.2) is 4.79 Å². The van der Waals surface area contributed by atoms with Crippen LogP contribution in [0, 0.1) is 29.1 Å². The predicted molar refractivity (Wildman–Crippen MR) is 160 cm³/mol. The Morgan fingerprint density at radius 2 is 1.84 bits per heavy atom. The van der Waals surface area contributed by atoms with E-state index in [2.05, 4.69) is 4.98 Å². The van der Waals surface area contributed by atoms with Crippen molar-refractivity contribution in [2.75, 3.05) is 13.7 Å². The molecule has 3 fully saturated rings. The van der Waals surface area contributed by atoms with Gasteiger partial charge in [0.15, 0.2) is 0 Å². The van der Waals surface area contributed by atoms with Crippen LogP contribution in [0.1, 0.15) is 72.1 Å². The van der Waals surface area contributed by atoms with E-state index >= 15 is 0 Å². The summed E-state index contributed by atoms with van der Waals surface area (Å²) in [4.78, 5) is 60.2. The Bertz CT molecular complexity index is 1510. The number of fused-ring (bicyclic) bond motifs is 7. The van der Waals surface area contributed by atoms with Gasteiger partial charge in [0.1, 0.15) is 24.0 Å². The van der Waals surface area contributed by atoms with Crippen LogP contribution in [0.15, 0.2) is 23.0 Å². The molecule has 1 aromatic carbocycles. The maximum atomic E-state index is 14.2. The lowest BCUT2D eigenvalue weighted by molar-refractivity contribution is -0.160. The molecule has 2 saturated carbocycles. The summed E-state index contributed by atoms with van der Waals surface area (Å²) in [6.07, 6.45) is 4.83. The molecular formula is C33H43N3O8. The van der Waals surface area contributed by atoms with Crippen LogP contribution in [-0.2, 0) is 30.4 Å². The van der Waals surface area contributed by atoms with E-state index in [1.807, 2.05) is 20.8 Å². The van der Waals surface area contributed by atoms with Crippen LogP contribution in [0.3, 0.4) is 0 Å². The molecule has 4 aliphatic rings. The molecule has 1 N–H and O–H groups in total. The summed E-state index contributed by atoms with van der Waals surface area (Å²) < 4.78 is 19.0. The number of aromatic hydroxyl groups is 1. The van der Waals surface area contributed by atoms with Gasteiger partial charge in [-0.15, -0.1) is 0 Å². The summed E-state index contributed by atoms with van der Waals surface area (Å²) in [6, 6.07) is 3.61. The number of carbonyl (C=O) groups excluding carboxylic acids is 3. The number of phenols is 1. The van der Waals surface area contributed by atoms with Gasteiger partial charge in [0.05, 0.1) is 36.9 Å². The zero-order valence-electron chi connectivity index (χ0n) is 26.0. The van der Waals surface area contributed by atoms with Crippen molar-refractivity contribution in [1.82, 2.24) is 14.5 Å². The van der Waals surface area contributed by atoms with Crippen molar-refractivity contribution in [3.8, 4) is 11.8 Å². The Kier molecular flexibility index (Phi) is 8.09. The molecule has 0 spiro atoms. The Hall–Kier alpha value is -3.63. The van der Waals surface area contributed by atoms with Crippen LogP contribution >= 0.6 is 0 Å². The summed E-state index contributed by atoms with van der Waals surface area (Å²) in [5.74, 6) is -0.526. The second kappa shape index (κ2) is 11.7. The predicted octanol–water partition coefficient (Wildman–Crippen LogP) is 3.82. The lowest BCUT2D eigenvalue weighted by Gasteiger charge is -2.34. The quantitative estimate of drug-likeness (QED) is 0.479. The molecule has 2 aliphatic carbocycles. The lowest BCUT2D eigenvalue weighted by atomic mass is 9.77. The summed E-state index contributed by atoms with van der Waals surface area (Å²) in [7, 11) is 1.27. The van der Waals surface area contributed by atoms with Gasteiger partial charge in [-0.1, -0.05) is 33.6 Å². The van der Waals surface area contributed by atoms with Crippen LogP contribution < -0.4 is 10.3 Å². The average molecular weight is 610 g/mol. The number of carbonyl (C=O) groups is 3. The highest BCUT2D eigenvalue weighted by molar-refractivity contribution is 5.89. The van der Waals surface area contributed by atoms with E-state index in [1.54, 1.807) is 6.07 Å². The van der Waals surface area contributed by atoms with Crippen molar-refractivity contribution in [3.63, 3.8) is 0 Å². The number of hydrogen-bond acceptors (Lipinski definition) is 9. The highest BCUT2D eigenvalue weighted by Gasteiger charge is 2.54. The first-order valence-electron chi connectivity index (χ1n) is 15.9. The number of esters is 2. The van der Waals surface area contributed by atoms with E-state index in [9.17, 15) is 24.3 Å². The Balaban J connectivity index is 1.37. The van der Waals surface area contributed by atoms with Gasteiger partial charge < -0.3 is 24.2 Å². The van der Waals surface area contributed by atoms with Crippen LogP contribution in [0.25, 0.3) is 10.9 Å². The summed E-state index contributed by atoms with van der Waals surface area (Å²) in [5, 5.41) is 10.4. The van der Waals surface area contributed by atoms with Gasteiger partial charge >= 0.3 is 11.9 Å². The van der Waals surface area contributed by atoms with Gasteiger partial charge in [-0.2, -0.15) is 4.98 Å². The lowest BCUT2D eigenvalue weighted by Crippen LogP contribution is -2.48. The number of amides is 1. The molecule has 7 atom stereocenters. The number of rotatable bonds is 1. The first-order chi connectivity index (χ1) is 20.9. The maximum Gasteiger partial charge on any atom is 0.328 e. The first-order valence-corrected chi connectivity index (χ1v) is 15.9. The third-order valence-electron chi connectivity index (χ3n) is 10.2. The molecule has 238 valence electrons. The molecule has 2 aliphatic heterocycles. The minimum atomic E-state index is -0.920. The van der Waals surface area contributed by atoms with Gasteiger partial charge in [0, 0.05) is 19.0 Å². The smallest absolute Gasteiger partial charge is 0.328 e. The molecule has 0 unspecified atom stereocenters. The van der Waals surface area contributed by atoms with Gasteiger partial charge in [-0.3, -0.25) is 19.0 Å². The zero-order valence-corrected chi connectivity index (χ0v) is 26.0. The molecule has 6 rings (SSSR count). The number of nitrogens with zero attached hydrogens (tertiary/aromatic N) is 3. The summed E-state index contributed by atoms with van der Waals surface area (Å²) in [5.41, 5.74) is -0.557. The van der Waals surface area contributed by atoms with E-state index in [-0.39, 0.29) is 54.7 Å². The minimum Gasteiger partial charge on any atom is -0.508 e. The number of phenolic OH excluding ortho intramolecular Hbond substituents is 1. The van der Waals surface area contributed by atoms with E-state index in [1.165, 1.54) is 35.1 Å². The van der Waals surface area contributed by atoms with Crippen molar-refractivity contribution in [2.45, 2.75) is 96.9 Å². The fourth-order valence-corrected chi connectivity index (χ4v) is 7.64. The van der Waals surface area contributed by atoms with E-state index in [4.69, 9.17) is 14.2 Å². The van der Waals surface area contributed by atoms with Gasteiger partial charge in [-0.05, 0) is 61.0 Å². The average Bonchev–Trinajstić information content (AvgIpc) is 3.46. The highest BCUT2D eigenvalue weighted by atomic mass is 16.5. The molecule has 1 amide bonds. The third kappa shape index (κ3) is 5.89. The molecular weight excluding hydrogens is 566 g/mol. The standard InChI is InChI=1S/C33H43N3O8/c1-33(2,3)24-16-28(38)44-27-13-18-12-23(18)21(27)8-6-5-7-11-35-29(39)22-10-9-19(37)14-25(22)34-32(35)43-20-15-26(31(41)42-4)36(17-20)30(24)40/h9-10,14,18,20-21,23-24,26-27,37H,5-8,11-13,15-17H2,1-4H3/t18-,20+,21+,23-,24+,26-,27+/m0/s1. The van der Waals surface area contributed by atoms with E-state index in [0.29, 0.717) is 35.2 Å². The Labute approximate surface area is 256 Å². The third-order valence-corrected chi connectivity index (χ3v) is 10.2. The summed E-state index contributed by atoms with van der Waals surface area (Å²) in [6.45, 7) is 6.17. The number of methoxy groups -OCH3 is 1. The molecule has 2 bridgehead atoms. The number of ether oxygens (including phenoxy) is 3. The van der Waals surface area contributed by atoms with Crippen molar-refractivity contribution in [2.24, 2.45) is 29.1 Å². The molecule has 1 aromatic heterocycles. The maximum absolute atomic E-state index is 14.2. The van der Waals surface area contributed by atoms with Crippen LogP contribution in [0.5, 0.6) is 11.8 Å². The van der Waals surface area contributed by atoms with Gasteiger partial charge in [0.25, 0.3) is 11.6 Å². The first kappa shape index (κ1) is 30.4. The van der Waals surface area contributed by atoms with Crippen LogP contribution in [0.4, 0.5) is 0 Å². The van der Waals surface area contributed by atoms with E-state index in [0.717, 1.165) is 32.1 Å². The van der Waals surface area contributed by atoms with Crippen LogP contribution in [0.2, 0.25) is 0 Å². The molecule has 11 heteroatoms. The molecule has 2 aromatic rings. The van der Waals surface area contributed by atoms with Crippen molar-refractivity contribution >= 4 is 28.7 Å². The number of aromatic nitrogens is 2. The normalized spacial score (nSPS) is 31.2. The molecule has 3 heterocycles. The van der Waals surface area contributed by atoms with Crippen molar-refractivity contribution < 1.29 is 33.7 Å². The summed E-state index contributed by atoms with van der Waals surface area (Å²) >= 11 is 0. The Morgan fingerprint density at radius 1 is 1.05 bits per heavy atom. The van der Waals surface area contributed by atoms with Gasteiger partial charge in [0.2, 0.25) is 5.91 Å². The van der Waals surface area contributed by atoms with Crippen LogP contribution in [-0.4, -0.2) is 69.3 Å². The van der Waals surface area contributed by atoms with E-state index < -0.39 is 29.4 Å². The minimum absolute atomic E-state index is 0.0206.